The highest BCUT2D eigenvalue weighted by atomic mass is 16.6. The molecule has 0 aliphatic carbocycles. The van der Waals surface area contributed by atoms with Crippen molar-refractivity contribution in [1.29, 1.82) is 0 Å². The van der Waals surface area contributed by atoms with Gasteiger partial charge < -0.3 is 20.3 Å². The number of nitrogens with zero attached hydrogens (tertiary/aromatic N) is 2. The van der Waals surface area contributed by atoms with E-state index in [1.165, 1.54) is 6.07 Å². The molecule has 0 saturated heterocycles. The van der Waals surface area contributed by atoms with Crippen LogP contribution in [0.4, 0.5) is 5.82 Å². The second-order valence-electron chi connectivity index (χ2n) is 2.47. The first kappa shape index (κ1) is 9.90. The molecule has 1 aromatic heterocycles. The Balaban J connectivity index is 3.06. The number of aromatic nitrogens is 1. The van der Waals surface area contributed by atoms with Gasteiger partial charge in [0.25, 0.3) is 0 Å². The van der Waals surface area contributed by atoms with Crippen LogP contribution in [0.25, 0.3) is 0 Å². The quantitative estimate of drug-likeness (QED) is 0.534. The second-order valence-corrected chi connectivity index (χ2v) is 2.47. The normalized spacial score (nSPS) is 9.71. The third-order valence-corrected chi connectivity index (χ3v) is 1.42. The van der Waals surface area contributed by atoms with Crippen LogP contribution in [0.2, 0.25) is 0 Å². The van der Waals surface area contributed by atoms with Crippen molar-refractivity contribution in [2.75, 3.05) is 0 Å². The molecule has 0 fully saturated rings. The van der Waals surface area contributed by atoms with Gasteiger partial charge in [0.2, 0.25) is 5.75 Å². The van der Waals surface area contributed by atoms with Crippen LogP contribution in [-0.2, 0) is 11.2 Å². The van der Waals surface area contributed by atoms with Crippen molar-refractivity contribution >= 4 is 11.8 Å². The van der Waals surface area contributed by atoms with Gasteiger partial charge in [0.1, 0.15) is 6.42 Å². The zero-order valence-corrected chi connectivity index (χ0v) is 6.88. The SMILES string of the molecule is O=C(O)Cc1ccc(O)c([N+](=O)[O-])n1. The monoisotopic (exact) mass is 198 g/mol. The minimum atomic E-state index is -1.14. The third kappa shape index (κ3) is 2.16. The van der Waals surface area contributed by atoms with Gasteiger partial charge in [-0.1, -0.05) is 0 Å². The fourth-order valence-electron chi connectivity index (χ4n) is 0.868. The minimum absolute atomic E-state index is 0.0296. The van der Waals surface area contributed by atoms with Crippen molar-refractivity contribution in [3.05, 3.63) is 27.9 Å². The number of nitro groups is 1. The van der Waals surface area contributed by atoms with Crippen molar-refractivity contribution in [2.24, 2.45) is 0 Å². The van der Waals surface area contributed by atoms with E-state index in [2.05, 4.69) is 4.98 Å². The highest BCUT2D eigenvalue weighted by molar-refractivity contribution is 5.69. The van der Waals surface area contributed by atoms with Gasteiger partial charge in [-0.2, -0.15) is 0 Å². The molecule has 0 saturated carbocycles. The van der Waals surface area contributed by atoms with Crippen LogP contribution in [0, 0.1) is 10.1 Å². The van der Waals surface area contributed by atoms with Gasteiger partial charge in [0.15, 0.2) is 5.69 Å². The molecule has 1 rings (SSSR count). The minimum Gasteiger partial charge on any atom is -0.501 e. The van der Waals surface area contributed by atoms with Crippen LogP contribution in [0.5, 0.6) is 5.75 Å². The number of pyridine rings is 1. The molecule has 7 nitrogen and oxygen atoms in total. The van der Waals surface area contributed by atoms with E-state index in [4.69, 9.17) is 10.2 Å². The zero-order valence-electron chi connectivity index (χ0n) is 6.88. The predicted molar refractivity (Wildman–Crippen MR) is 43.9 cm³/mol. The van der Waals surface area contributed by atoms with Crippen molar-refractivity contribution in [1.82, 2.24) is 4.98 Å². The molecule has 0 amide bonds. The molecule has 0 atom stereocenters. The molecule has 7 heteroatoms. The largest absolute Gasteiger partial charge is 0.501 e. The molecule has 0 aromatic carbocycles. The Labute approximate surface area is 77.8 Å². The molecule has 1 heterocycles. The average molecular weight is 198 g/mol. The molecule has 0 aliphatic rings. The fourth-order valence-corrected chi connectivity index (χ4v) is 0.868. The lowest BCUT2D eigenvalue weighted by Crippen LogP contribution is -2.03. The molecule has 0 aliphatic heterocycles. The van der Waals surface area contributed by atoms with Crippen LogP contribution >= 0.6 is 0 Å². The molecule has 0 bridgehead atoms. The van der Waals surface area contributed by atoms with Crippen LogP contribution in [0.1, 0.15) is 5.69 Å². The van der Waals surface area contributed by atoms with Gasteiger partial charge >= 0.3 is 11.8 Å². The first-order valence-corrected chi connectivity index (χ1v) is 3.56. The molecular weight excluding hydrogens is 192 g/mol. The maximum absolute atomic E-state index is 10.3. The standard InChI is InChI=1S/C7H6N2O5/c10-5-2-1-4(3-6(11)12)8-7(5)9(13)14/h1-2,10H,3H2,(H,11,12). The van der Waals surface area contributed by atoms with E-state index in [9.17, 15) is 14.9 Å². The van der Waals surface area contributed by atoms with E-state index >= 15 is 0 Å². The van der Waals surface area contributed by atoms with Gasteiger partial charge in [-0.15, -0.1) is 0 Å². The number of aromatic hydroxyl groups is 1. The first-order chi connectivity index (χ1) is 6.50. The summed E-state index contributed by atoms with van der Waals surface area (Å²) in [5.41, 5.74) is 0.0296. The summed E-state index contributed by atoms with van der Waals surface area (Å²) >= 11 is 0. The van der Waals surface area contributed by atoms with E-state index in [1.54, 1.807) is 0 Å². The Morgan fingerprint density at radius 2 is 2.21 bits per heavy atom. The maximum atomic E-state index is 10.3. The summed E-state index contributed by atoms with van der Waals surface area (Å²) in [7, 11) is 0. The van der Waals surface area contributed by atoms with E-state index in [-0.39, 0.29) is 5.69 Å². The fraction of sp³-hybridized carbons (Fsp3) is 0.143. The topological polar surface area (TPSA) is 114 Å². The summed E-state index contributed by atoms with van der Waals surface area (Å²) in [5.74, 6) is -2.45. The van der Waals surface area contributed by atoms with E-state index in [0.29, 0.717) is 0 Å². The molecule has 0 spiro atoms. The summed E-state index contributed by atoms with van der Waals surface area (Å²) in [6.07, 6.45) is -0.416. The number of carbonyl (C=O) groups is 1. The molecule has 14 heavy (non-hydrogen) atoms. The predicted octanol–water partition coefficient (Wildman–Crippen LogP) is 0.323. The molecule has 2 N–H and O–H groups in total. The third-order valence-electron chi connectivity index (χ3n) is 1.42. The van der Waals surface area contributed by atoms with E-state index < -0.39 is 28.9 Å². The second kappa shape index (κ2) is 3.69. The molecule has 0 radical (unpaired) electrons. The van der Waals surface area contributed by atoms with Crippen molar-refractivity contribution in [2.45, 2.75) is 6.42 Å². The lowest BCUT2D eigenvalue weighted by Gasteiger charge is -1.96. The lowest BCUT2D eigenvalue weighted by molar-refractivity contribution is -0.390. The summed E-state index contributed by atoms with van der Waals surface area (Å²) in [6.45, 7) is 0. The smallest absolute Gasteiger partial charge is 0.406 e. The maximum Gasteiger partial charge on any atom is 0.406 e. The van der Waals surface area contributed by atoms with Crippen molar-refractivity contribution < 1.29 is 19.9 Å². The number of carboxylic acids is 1. The van der Waals surface area contributed by atoms with E-state index in [0.717, 1.165) is 6.07 Å². The van der Waals surface area contributed by atoms with Crippen molar-refractivity contribution in [3.63, 3.8) is 0 Å². The lowest BCUT2D eigenvalue weighted by atomic mass is 10.2. The molecule has 0 unspecified atom stereocenters. The van der Waals surface area contributed by atoms with Crippen LogP contribution < -0.4 is 0 Å². The first-order valence-electron chi connectivity index (χ1n) is 3.56. The van der Waals surface area contributed by atoms with Gasteiger partial charge in [0, 0.05) is 0 Å². The Kier molecular flexibility index (Phi) is 2.61. The van der Waals surface area contributed by atoms with Gasteiger partial charge in [-0.05, 0) is 22.0 Å². The van der Waals surface area contributed by atoms with E-state index in [1.807, 2.05) is 0 Å². The highest BCUT2D eigenvalue weighted by Gasteiger charge is 2.17. The number of carboxylic acid groups (broad SMARTS) is 1. The molecule has 74 valence electrons. The van der Waals surface area contributed by atoms with Crippen LogP contribution in [-0.4, -0.2) is 26.1 Å². The number of aliphatic carboxylic acids is 1. The Morgan fingerprint density at radius 3 is 2.71 bits per heavy atom. The van der Waals surface area contributed by atoms with Crippen molar-refractivity contribution in [3.8, 4) is 5.75 Å². The van der Waals surface area contributed by atoms with Gasteiger partial charge in [-0.3, -0.25) is 4.79 Å². The highest BCUT2D eigenvalue weighted by Crippen LogP contribution is 2.22. The van der Waals surface area contributed by atoms with Crippen LogP contribution in [0.3, 0.4) is 0 Å². The summed E-state index contributed by atoms with van der Waals surface area (Å²) in [5, 5.41) is 27.7. The number of hydrogen-bond acceptors (Lipinski definition) is 5. The zero-order chi connectivity index (χ0) is 10.7. The van der Waals surface area contributed by atoms with Crippen LogP contribution in [0.15, 0.2) is 12.1 Å². The molecule has 1 aromatic rings. The Bertz CT molecular complexity index is 390. The van der Waals surface area contributed by atoms with Gasteiger partial charge in [-0.25, -0.2) is 0 Å². The Hall–Kier alpha value is -2.18. The summed E-state index contributed by atoms with van der Waals surface area (Å²) in [6, 6.07) is 2.26. The number of hydrogen-bond donors (Lipinski definition) is 2. The Morgan fingerprint density at radius 1 is 1.57 bits per heavy atom. The average Bonchev–Trinajstić information content (AvgIpc) is 2.07. The molecular formula is C7H6N2O5. The summed E-state index contributed by atoms with van der Waals surface area (Å²) in [4.78, 5) is 23.1. The summed E-state index contributed by atoms with van der Waals surface area (Å²) < 4.78 is 0. The number of rotatable bonds is 3. The van der Waals surface area contributed by atoms with Gasteiger partial charge in [0.05, 0.1) is 0 Å².